The summed E-state index contributed by atoms with van der Waals surface area (Å²) in [7, 11) is 0. The number of H-pyrrole nitrogens is 1. The highest BCUT2D eigenvalue weighted by Gasteiger charge is 2.20. The van der Waals surface area contributed by atoms with Crippen molar-refractivity contribution in [2.24, 2.45) is 0 Å². The van der Waals surface area contributed by atoms with Crippen molar-refractivity contribution in [1.82, 2.24) is 34.9 Å². The minimum Gasteiger partial charge on any atom is -0.379 e. The molecule has 0 bridgehead atoms. The molecule has 0 radical (unpaired) electrons. The third-order valence-electron chi connectivity index (χ3n) is 5.07. The number of ether oxygens (including phenoxy) is 2. The fourth-order valence-corrected chi connectivity index (χ4v) is 3.44. The van der Waals surface area contributed by atoms with E-state index >= 15 is 0 Å². The molecule has 0 saturated carbocycles. The molecule has 0 amide bonds. The van der Waals surface area contributed by atoms with Crippen LogP contribution < -0.4 is 5.73 Å². The highest BCUT2D eigenvalue weighted by atomic mass is 16.6. The molecule has 0 spiro atoms. The van der Waals surface area contributed by atoms with Crippen molar-refractivity contribution in [1.29, 1.82) is 0 Å². The second-order valence-corrected chi connectivity index (χ2v) is 7.32. The van der Waals surface area contributed by atoms with Gasteiger partial charge in [-0.1, -0.05) is 11.3 Å². The van der Waals surface area contributed by atoms with E-state index < -0.39 is 4.92 Å². The number of aromatic amines is 1. The molecule has 1 unspecified atom stereocenters. The molecule has 1 aliphatic rings. The SMILES string of the molecule is Nc1nc(-c2ccc([N+](=O)[O-])[nH]2)c2nnn(Cc3ccc(COC4CCOC4)cn3)c2n1. The van der Waals surface area contributed by atoms with Crippen molar-refractivity contribution >= 4 is 22.9 Å². The number of rotatable bonds is 7. The number of nitrogens with two attached hydrogens (primary N) is 1. The molecule has 32 heavy (non-hydrogen) atoms. The third-order valence-corrected chi connectivity index (χ3v) is 5.07. The lowest BCUT2D eigenvalue weighted by Gasteiger charge is -2.10. The van der Waals surface area contributed by atoms with Crippen molar-refractivity contribution in [2.75, 3.05) is 18.9 Å². The molecule has 5 heterocycles. The van der Waals surface area contributed by atoms with Gasteiger partial charge in [0.05, 0.1) is 31.6 Å². The molecule has 0 aliphatic carbocycles. The van der Waals surface area contributed by atoms with Gasteiger partial charge in [0.25, 0.3) is 0 Å². The largest absolute Gasteiger partial charge is 0.379 e. The molecule has 1 fully saturated rings. The van der Waals surface area contributed by atoms with Gasteiger partial charge >= 0.3 is 5.82 Å². The Balaban J connectivity index is 1.36. The monoisotopic (exact) mass is 437 g/mol. The molecule has 4 aromatic rings. The molecule has 5 rings (SSSR count). The maximum Gasteiger partial charge on any atom is 0.321 e. The van der Waals surface area contributed by atoms with Crippen molar-refractivity contribution in [3.05, 3.63) is 51.8 Å². The minimum atomic E-state index is -0.524. The summed E-state index contributed by atoms with van der Waals surface area (Å²) in [6, 6.07) is 6.72. The summed E-state index contributed by atoms with van der Waals surface area (Å²) in [4.78, 5) is 26.1. The summed E-state index contributed by atoms with van der Waals surface area (Å²) in [5.74, 6) is -0.156. The summed E-state index contributed by atoms with van der Waals surface area (Å²) >= 11 is 0. The first kappa shape index (κ1) is 20.0. The topological polar surface area (TPSA) is 173 Å². The van der Waals surface area contributed by atoms with E-state index in [1.165, 1.54) is 6.07 Å². The van der Waals surface area contributed by atoms with E-state index in [0.29, 0.717) is 42.3 Å². The van der Waals surface area contributed by atoms with Gasteiger partial charge in [0.15, 0.2) is 16.9 Å². The molecule has 1 atom stereocenters. The van der Waals surface area contributed by atoms with Gasteiger partial charge in [-0.25, -0.2) is 14.6 Å². The Bertz CT molecular complexity index is 1260. The Morgan fingerprint density at radius 1 is 1.31 bits per heavy atom. The van der Waals surface area contributed by atoms with Crippen molar-refractivity contribution in [2.45, 2.75) is 25.7 Å². The van der Waals surface area contributed by atoms with Gasteiger partial charge in [-0.2, -0.15) is 4.98 Å². The molecule has 13 heteroatoms. The van der Waals surface area contributed by atoms with Gasteiger partial charge in [-0.05, 0) is 29.0 Å². The molecule has 3 N–H and O–H groups in total. The number of nitrogens with zero attached hydrogens (tertiary/aromatic N) is 7. The highest BCUT2D eigenvalue weighted by molar-refractivity contribution is 5.86. The van der Waals surface area contributed by atoms with Crippen LogP contribution in [0, 0.1) is 10.1 Å². The van der Waals surface area contributed by atoms with Gasteiger partial charge < -0.3 is 25.3 Å². The smallest absolute Gasteiger partial charge is 0.321 e. The zero-order valence-electron chi connectivity index (χ0n) is 16.8. The van der Waals surface area contributed by atoms with Gasteiger partial charge in [-0.15, -0.1) is 5.10 Å². The van der Waals surface area contributed by atoms with Crippen LogP contribution in [0.1, 0.15) is 17.7 Å². The Morgan fingerprint density at radius 3 is 2.94 bits per heavy atom. The van der Waals surface area contributed by atoms with Crippen LogP contribution in [0.2, 0.25) is 0 Å². The first-order chi connectivity index (χ1) is 15.6. The molecule has 1 saturated heterocycles. The Hall–Kier alpha value is -3.97. The first-order valence-corrected chi connectivity index (χ1v) is 9.90. The zero-order chi connectivity index (χ0) is 22.1. The maximum absolute atomic E-state index is 11.0. The molecular weight excluding hydrogens is 418 g/mol. The Morgan fingerprint density at radius 2 is 2.22 bits per heavy atom. The second-order valence-electron chi connectivity index (χ2n) is 7.32. The summed E-state index contributed by atoms with van der Waals surface area (Å²) in [6.45, 7) is 2.16. The fraction of sp³-hybridized carbons (Fsp3) is 0.316. The van der Waals surface area contributed by atoms with Crippen LogP contribution in [-0.2, 0) is 22.6 Å². The first-order valence-electron chi connectivity index (χ1n) is 9.90. The van der Waals surface area contributed by atoms with Gasteiger partial charge in [0.2, 0.25) is 5.95 Å². The quantitative estimate of drug-likeness (QED) is 0.318. The maximum atomic E-state index is 11.0. The molecular formula is C19H19N9O4. The summed E-state index contributed by atoms with van der Waals surface area (Å²) in [5.41, 5.74) is 9.11. The molecule has 4 aromatic heterocycles. The number of fused-ring (bicyclic) bond motifs is 1. The van der Waals surface area contributed by atoms with E-state index in [1.54, 1.807) is 16.9 Å². The van der Waals surface area contributed by atoms with Crippen LogP contribution >= 0.6 is 0 Å². The lowest BCUT2D eigenvalue weighted by molar-refractivity contribution is -0.389. The second kappa shape index (κ2) is 8.28. The van der Waals surface area contributed by atoms with E-state index in [9.17, 15) is 10.1 Å². The van der Waals surface area contributed by atoms with E-state index in [1.807, 2.05) is 12.1 Å². The van der Waals surface area contributed by atoms with Crippen molar-refractivity contribution in [3.63, 3.8) is 0 Å². The predicted molar refractivity (Wildman–Crippen MR) is 111 cm³/mol. The Kier molecular flexibility index (Phi) is 5.17. The van der Waals surface area contributed by atoms with Crippen LogP contribution in [-0.4, -0.2) is 59.2 Å². The lowest BCUT2D eigenvalue weighted by atomic mass is 10.2. The van der Waals surface area contributed by atoms with E-state index in [2.05, 4.69) is 30.2 Å². The summed E-state index contributed by atoms with van der Waals surface area (Å²) < 4.78 is 12.7. The number of nitrogen functional groups attached to an aromatic ring is 1. The zero-order valence-corrected chi connectivity index (χ0v) is 16.8. The van der Waals surface area contributed by atoms with Crippen LogP contribution in [0.25, 0.3) is 22.6 Å². The Labute approximate surface area is 180 Å². The average molecular weight is 437 g/mol. The number of anilines is 1. The highest BCUT2D eigenvalue weighted by Crippen LogP contribution is 2.26. The van der Waals surface area contributed by atoms with Gasteiger partial charge in [0, 0.05) is 18.9 Å². The number of pyridine rings is 1. The van der Waals surface area contributed by atoms with E-state index in [4.69, 9.17) is 15.2 Å². The molecule has 1 aliphatic heterocycles. The van der Waals surface area contributed by atoms with Crippen LogP contribution in [0.3, 0.4) is 0 Å². The molecule has 164 valence electrons. The fourth-order valence-electron chi connectivity index (χ4n) is 3.44. The van der Waals surface area contributed by atoms with Gasteiger partial charge in [0.1, 0.15) is 5.69 Å². The summed E-state index contributed by atoms with van der Waals surface area (Å²) in [6.07, 6.45) is 2.81. The summed E-state index contributed by atoms with van der Waals surface area (Å²) in [5, 5.41) is 19.3. The standard InChI is InChI=1S/C19H19N9O4/c20-19-23-16(14-3-4-15(22-14)28(29)30)17-18(24-19)27(26-25-17)8-12-2-1-11(7-21-12)9-32-13-5-6-31-10-13/h1-4,7,13,22H,5-6,8-10H2,(H2,20,23,24). The number of hydrogen-bond acceptors (Lipinski definition) is 10. The molecule has 13 nitrogen and oxygen atoms in total. The number of aromatic nitrogens is 7. The van der Waals surface area contributed by atoms with Crippen molar-refractivity contribution in [3.8, 4) is 11.4 Å². The van der Waals surface area contributed by atoms with Crippen LogP contribution in [0.5, 0.6) is 0 Å². The van der Waals surface area contributed by atoms with E-state index in [0.717, 1.165) is 24.3 Å². The number of hydrogen-bond donors (Lipinski definition) is 2. The van der Waals surface area contributed by atoms with E-state index in [-0.39, 0.29) is 17.9 Å². The van der Waals surface area contributed by atoms with Crippen molar-refractivity contribution < 1.29 is 14.4 Å². The third kappa shape index (κ3) is 3.98. The van der Waals surface area contributed by atoms with Gasteiger partial charge in [-0.3, -0.25) is 4.98 Å². The molecule has 0 aromatic carbocycles. The lowest BCUT2D eigenvalue weighted by Crippen LogP contribution is -2.12. The number of nitro groups is 1. The van der Waals surface area contributed by atoms with Crippen LogP contribution in [0.4, 0.5) is 11.8 Å². The normalized spacial score (nSPS) is 16.1. The average Bonchev–Trinajstić information content (AvgIpc) is 3.54. The predicted octanol–water partition coefficient (Wildman–Crippen LogP) is 1.46. The number of nitrogens with one attached hydrogen (secondary N) is 1. The minimum absolute atomic E-state index is 0.00431. The van der Waals surface area contributed by atoms with Crippen LogP contribution in [0.15, 0.2) is 30.5 Å².